The molecule has 0 bridgehead atoms. The van der Waals surface area contributed by atoms with Crippen LogP contribution in [0.1, 0.15) is 16.5 Å². The molecule has 5 heteroatoms. The predicted octanol–water partition coefficient (Wildman–Crippen LogP) is 2.49. The van der Waals surface area contributed by atoms with E-state index in [9.17, 15) is 0 Å². The van der Waals surface area contributed by atoms with Crippen molar-refractivity contribution < 1.29 is 0 Å². The molecular formula is C11H12IN3S. The average Bonchev–Trinajstić information content (AvgIpc) is 2.80. The molecule has 0 radical (unpaired) electrons. The van der Waals surface area contributed by atoms with Crippen molar-refractivity contribution in [2.45, 2.75) is 12.5 Å². The van der Waals surface area contributed by atoms with Crippen molar-refractivity contribution in [2.75, 3.05) is 0 Å². The van der Waals surface area contributed by atoms with Gasteiger partial charge in [0.05, 0.1) is 11.6 Å². The number of aromatic nitrogens is 1. The van der Waals surface area contributed by atoms with Crippen molar-refractivity contribution in [2.24, 2.45) is 5.84 Å². The Morgan fingerprint density at radius 1 is 1.38 bits per heavy atom. The summed E-state index contributed by atoms with van der Waals surface area (Å²) in [4.78, 5) is 5.30. The van der Waals surface area contributed by atoms with Gasteiger partial charge in [-0.1, -0.05) is 12.1 Å². The lowest BCUT2D eigenvalue weighted by Crippen LogP contribution is -2.29. The molecule has 1 aromatic carbocycles. The smallest absolute Gasteiger partial charge is 0.0794 e. The minimum absolute atomic E-state index is 0.150. The van der Waals surface area contributed by atoms with Crippen molar-refractivity contribution in [3.63, 3.8) is 0 Å². The van der Waals surface area contributed by atoms with Crippen molar-refractivity contribution in [3.8, 4) is 0 Å². The van der Waals surface area contributed by atoms with Crippen LogP contribution >= 0.6 is 33.9 Å². The van der Waals surface area contributed by atoms with Crippen LogP contribution in [0.15, 0.2) is 36.0 Å². The minimum atomic E-state index is 0.150. The van der Waals surface area contributed by atoms with Gasteiger partial charge in [0.1, 0.15) is 0 Å². The van der Waals surface area contributed by atoms with Gasteiger partial charge in [-0.2, -0.15) is 0 Å². The van der Waals surface area contributed by atoms with Gasteiger partial charge in [0, 0.05) is 21.1 Å². The second-order valence-electron chi connectivity index (χ2n) is 3.44. The zero-order valence-corrected chi connectivity index (χ0v) is 11.5. The Hall–Kier alpha value is -0.500. The van der Waals surface area contributed by atoms with Crippen molar-refractivity contribution >= 4 is 33.9 Å². The monoisotopic (exact) mass is 345 g/mol. The van der Waals surface area contributed by atoms with E-state index >= 15 is 0 Å². The van der Waals surface area contributed by atoms with Gasteiger partial charge < -0.3 is 0 Å². The molecule has 0 aliphatic rings. The third-order valence-electron chi connectivity index (χ3n) is 2.36. The molecule has 0 saturated carbocycles. The zero-order chi connectivity index (χ0) is 11.4. The van der Waals surface area contributed by atoms with Crippen LogP contribution in [0.5, 0.6) is 0 Å². The summed E-state index contributed by atoms with van der Waals surface area (Å²) in [6.07, 6.45) is 2.77. The summed E-state index contributed by atoms with van der Waals surface area (Å²) < 4.78 is 1.23. The lowest BCUT2D eigenvalue weighted by Gasteiger charge is -2.15. The highest BCUT2D eigenvalue weighted by Crippen LogP contribution is 2.20. The normalized spacial score (nSPS) is 12.6. The van der Waals surface area contributed by atoms with E-state index < -0.39 is 0 Å². The first-order valence-corrected chi connectivity index (χ1v) is 6.84. The van der Waals surface area contributed by atoms with E-state index in [4.69, 9.17) is 5.84 Å². The number of benzene rings is 1. The lowest BCUT2D eigenvalue weighted by atomic mass is 10.0. The van der Waals surface area contributed by atoms with E-state index in [2.05, 4.69) is 57.3 Å². The molecule has 3 nitrogen and oxygen atoms in total. The Labute approximate surface area is 112 Å². The maximum absolute atomic E-state index is 5.59. The second kappa shape index (κ2) is 5.72. The summed E-state index contributed by atoms with van der Waals surface area (Å²) >= 11 is 3.95. The third kappa shape index (κ3) is 3.00. The summed E-state index contributed by atoms with van der Waals surface area (Å²) in [7, 11) is 0. The molecule has 0 aliphatic carbocycles. The van der Waals surface area contributed by atoms with Crippen LogP contribution in [-0.4, -0.2) is 4.98 Å². The number of hydrazine groups is 1. The molecule has 16 heavy (non-hydrogen) atoms. The van der Waals surface area contributed by atoms with E-state index in [1.807, 2.05) is 11.7 Å². The molecule has 0 spiro atoms. The maximum Gasteiger partial charge on any atom is 0.0794 e. The Morgan fingerprint density at radius 3 is 2.69 bits per heavy atom. The number of nitrogens with zero attached hydrogens (tertiary/aromatic N) is 1. The summed E-state index contributed by atoms with van der Waals surface area (Å²) in [6.45, 7) is 0. The minimum Gasteiger partial charge on any atom is -0.271 e. The Morgan fingerprint density at radius 2 is 2.12 bits per heavy atom. The van der Waals surface area contributed by atoms with E-state index in [-0.39, 0.29) is 6.04 Å². The molecule has 2 rings (SSSR count). The topological polar surface area (TPSA) is 50.9 Å². The number of thiazole rings is 1. The fraction of sp³-hybridized carbons (Fsp3) is 0.182. The first-order chi connectivity index (χ1) is 7.79. The second-order valence-corrected chi connectivity index (χ2v) is 5.66. The van der Waals surface area contributed by atoms with Crippen LogP contribution in [-0.2, 0) is 6.42 Å². The Kier molecular flexibility index (Phi) is 4.28. The van der Waals surface area contributed by atoms with E-state index in [0.29, 0.717) is 0 Å². The molecule has 0 saturated heterocycles. The standard InChI is InChI=1S/C11H12IN3S/c12-9-3-1-8(2-4-9)11(15-13)5-10-6-14-7-16-10/h1-4,6-7,11,15H,5,13H2. The largest absolute Gasteiger partial charge is 0.271 e. The summed E-state index contributed by atoms with van der Waals surface area (Å²) in [6, 6.07) is 8.54. The van der Waals surface area contributed by atoms with Gasteiger partial charge >= 0.3 is 0 Å². The number of nitrogens with two attached hydrogens (primary N) is 1. The number of nitrogens with one attached hydrogen (secondary N) is 1. The quantitative estimate of drug-likeness (QED) is 0.509. The Bertz CT molecular complexity index is 427. The molecule has 1 heterocycles. The third-order valence-corrected chi connectivity index (χ3v) is 3.88. The van der Waals surface area contributed by atoms with Gasteiger partial charge in [0.15, 0.2) is 0 Å². The van der Waals surface area contributed by atoms with Gasteiger partial charge in [-0.3, -0.25) is 16.3 Å². The van der Waals surface area contributed by atoms with Gasteiger partial charge in [-0.15, -0.1) is 11.3 Å². The number of rotatable bonds is 4. The zero-order valence-electron chi connectivity index (χ0n) is 8.56. The SMILES string of the molecule is NNC(Cc1cncs1)c1ccc(I)cc1. The number of hydrogen-bond donors (Lipinski definition) is 2. The van der Waals surface area contributed by atoms with Crippen LogP contribution in [0.2, 0.25) is 0 Å². The molecule has 1 atom stereocenters. The molecule has 84 valence electrons. The van der Waals surface area contributed by atoms with Gasteiger partial charge in [-0.25, -0.2) is 0 Å². The summed E-state index contributed by atoms with van der Waals surface area (Å²) in [5, 5.41) is 0. The van der Waals surface area contributed by atoms with Crippen molar-refractivity contribution in [1.82, 2.24) is 10.4 Å². The summed E-state index contributed by atoms with van der Waals surface area (Å²) in [5.41, 5.74) is 5.90. The molecule has 3 N–H and O–H groups in total. The maximum atomic E-state index is 5.59. The molecule has 1 unspecified atom stereocenters. The number of halogens is 1. The fourth-order valence-electron chi connectivity index (χ4n) is 1.51. The molecule has 0 aliphatic heterocycles. The first-order valence-electron chi connectivity index (χ1n) is 4.88. The molecule has 2 aromatic rings. The lowest BCUT2D eigenvalue weighted by molar-refractivity contribution is 0.555. The van der Waals surface area contributed by atoms with Crippen molar-refractivity contribution in [3.05, 3.63) is 50.0 Å². The van der Waals surface area contributed by atoms with Crippen molar-refractivity contribution in [1.29, 1.82) is 0 Å². The fourth-order valence-corrected chi connectivity index (χ4v) is 2.51. The summed E-state index contributed by atoms with van der Waals surface area (Å²) in [5.74, 6) is 5.59. The molecule has 1 aromatic heterocycles. The van der Waals surface area contributed by atoms with Crippen LogP contribution in [0.25, 0.3) is 0 Å². The first kappa shape index (κ1) is 12.0. The molecular weight excluding hydrogens is 333 g/mol. The predicted molar refractivity (Wildman–Crippen MR) is 75.0 cm³/mol. The van der Waals surface area contributed by atoms with Crippen LogP contribution in [0.3, 0.4) is 0 Å². The number of hydrogen-bond acceptors (Lipinski definition) is 4. The molecule has 0 amide bonds. The van der Waals surface area contributed by atoms with E-state index in [1.165, 1.54) is 14.0 Å². The van der Waals surface area contributed by atoms with Crippen LogP contribution in [0.4, 0.5) is 0 Å². The highest BCUT2D eigenvalue weighted by molar-refractivity contribution is 14.1. The van der Waals surface area contributed by atoms with Gasteiger partial charge in [0.2, 0.25) is 0 Å². The van der Waals surface area contributed by atoms with E-state index in [0.717, 1.165) is 6.42 Å². The van der Waals surface area contributed by atoms with E-state index in [1.54, 1.807) is 11.3 Å². The van der Waals surface area contributed by atoms with Gasteiger partial charge in [0.25, 0.3) is 0 Å². The van der Waals surface area contributed by atoms with Crippen LogP contribution < -0.4 is 11.3 Å². The highest BCUT2D eigenvalue weighted by atomic mass is 127. The molecule has 0 fully saturated rings. The van der Waals surface area contributed by atoms with Crippen LogP contribution in [0, 0.1) is 3.57 Å². The highest BCUT2D eigenvalue weighted by Gasteiger charge is 2.11. The van der Waals surface area contributed by atoms with Gasteiger partial charge in [-0.05, 0) is 40.3 Å². The Balaban J connectivity index is 2.13. The average molecular weight is 345 g/mol.